The smallest absolute Gasteiger partial charge is 0.332 e. The third-order valence-corrected chi connectivity index (χ3v) is 2.97. The van der Waals surface area contributed by atoms with Crippen LogP contribution in [0.4, 0.5) is 4.79 Å². The topological polar surface area (TPSA) is 76.7 Å². The number of hydrogen-bond acceptors (Lipinski definition) is 3. The highest BCUT2D eigenvalue weighted by Crippen LogP contribution is 2.19. The van der Waals surface area contributed by atoms with Crippen molar-refractivity contribution >= 4 is 23.8 Å². The van der Waals surface area contributed by atoms with Crippen molar-refractivity contribution in [3.05, 3.63) is 64.7 Å². The van der Waals surface area contributed by atoms with Gasteiger partial charge in [-0.3, -0.25) is 0 Å². The van der Waals surface area contributed by atoms with Crippen molar-refractivity contribution in [2.24, 2.45) is 10.8 Å². The Balaban J connectivity index is 1.99. The molecule has 5 nitrogen and oxygen atoms in total. The quantitative estimate of drug-likeness (QED) is 0.658. The number of nitrogens with zero attached hydrogens (tertiary/aromatic N) is 1. The van der Waals surface area contributed by atoms with Gasteiger partial charge in [-0.15, -0.1) is 0 Å². The number of amides is 2. The summed E-state index contributed by atoms with van der Waals surface area (Å²) in [6.07, 6.45) is 1.48. The van der Waals surface area contributed by atoms with E-state index in [2.05, 4.69) is 10.5 Å². The van der Waals surface area contributed by atoms with Crippen molar-refractivity contribution in [1.29, 1.82) is 0 Å². The number of benzene rings is 2. The maximum Gasteiger partial charge on any atom is 0.332 e. The average Bonchev–Trinajstić information content (AvgIpc) is 2.46. The van der Waals surface area contributed by atoms with E-state index in [1.54, 1.807) is 6.07 Å². The van der Waals surface area contributed by atoms with Crippen molar-refractivity contribution in [3.8, 4) is 5.75 Å². The molecule has 0 saturated heterocycles. The molecule has 0 radical (unpaired) electrons. The molecule has 0 aliphatic heterocycles. The Kier molecular flexibility index (Phi) is 5.17. The minimum Gasteiger partial charge on any atom is -0.489 e. The number of rotatable bonds is 5. The standard InChI is InChI=1S/C15H14ClN3O2/c16-14-7-2-1-5-12(14)10-21-13-6-3-4-11(8-13)9-18-19-15(17)20/h1-9H,10H2,(H3,17,19,20). The Morgan fingerprint density at radius 3 is 2.86 bits per heavy atom. The second-order valence-electron chi connectivity index (χ2n) is 4.19. The Hall–Kier alpha value is -2.53. The number of primary amides is 1. The van der Waals surface area contributed by atoms with E-state index >= 15 is 0 Å². The fourth-order valence-corrected chi connectivity index (χ4v) is 1.82. The lowest BCUT2D eigenvalue weighted by Gasteiger charge is -2.08. The molecule has 2 rings (SSSR count). The molecule has 6 heteroatoms. The zero-order valence-corrected chi connectivity index (χ0v) is 11.9. The number of halogens is 1. The molecular formula is C15H14ClN3O2. The van der Waals surface area contributed by atoms with Crippen molar-refractivity contribution in [3.63, 3.8) is 0 Å². The van der Waals surface area contributed by atoms with Crippen LogP contribution in [0.2, 0.25) is 5.02 Å². The Morgan fingerprint density at radius 2 is 2.10 bits per heavy atom. The highest BCUT2D eigenvalue weighted by Gasteiger charge is 2.01. The van der Waals surface area contributed by atoms with Crippen LogP contribution in [0.15, 0.2) is 53.6 Å². The number of nitrogens with two attached hydrogens (primary N) is 1. The molecule has 0 unspecified atom stereocenters. The van der Waals surface area contributed by atoms with Crippen LogP contribution in [0.5, 0.6) is 5.75 Å². The van der Waals surface area contributed by atoms with Gasteiger partial charge in [0.05, 0.1) is 6.21 Å². The van der Waals surface area contributed by atoms with Gasteiger partial charge in [-0.05, 0) is 23.8 Å². The first-order valence-electron chi connectivity index (χ1n) is 6.20. The molecule has 108 valence electrons. The third-order valence-electron chi connectivity index (χ3n) is 2.60. The van der Waals surface area contributed by atoms with E-state index in [1.165, 1.54) is 6.21 Å². The molecule has 0 fully saturated rings. The molecule has 21 heavy (non-hydrogen) atoms. The first-order valence-corrected chi connectivity index (χ1v) is 6.58. The van der Waals surface area contributed by atoms with Crippen LogP contribution in [-0.4, -0.2) is 12.2 Å². The molecule has 3 N–H and O–H groups in total. The maximum atomic E-state index is 10.5. The van der Waals surface area contributed by atoms with E-state index in [1.807, 2.05) is 42.5 Å². The molecule has 2 amide bonds. The molecule has 2 aromatic rings. The zero-order chi connectivity index (χ0) is 15.1. The summed E-state index contributed by atoms with van der Waals surface area (Å²) in [5.74, 6) is 0.679. The van der Waals surface area contributed by atoms with Gasteiger partial charge in [0.15, 0.2) is 0 Å². The first kappa shape index (κ1) is 14.9. The lowest BCUT2D eigenvalue weighted by molar-refractivity contribution is 0.249. The minimum atomic E-state index is -0.711. The summed E-state index contributed by atoms with van der Waals surface area (Å²) in [6, 6.07) is 14.1. The molecule has 0 spiro atoms. The monoisotopic (exact) mass is 303 g/mol. The van der Waals surface area contributed by atoms with Gasteiger partial charge in [-0.2, -0.15) is 5.10 Å². The van der Waals surface area contributed by atoms with Gasteiger partial charge < -0.3 is 10.5 Å². The van der Waals surface area contributed by atoms with Gasteiger partial charge >= 0.3 is 6.03 Å². The summed E-state index contributed by atoms with van der Waals surface area (Å²) in [6.45, 7) is 0.375. The van der Waals surface area contributed by atoms with Crippen LogP contribution in [0.3, 0.4) is 0 Å². The van der Waals surface area contributed by atoms with Gasteiger partial charge in [-0.25, -0.2) is 10.2 Å². The van der Waals surface area contributed by atoms with E-state index in [0.717, 1.165) is 11.1 Å². The van der Waals surface area contributed by atoms with Crippen LogP contribution in [-0.2, 0) is 6.61 Å². The van der Waals surface area contributed by atoms with Crippen molar-refractivity contribution in [2.45, 2.75) is 6.61 Å². The van der Waals surface area contributed by atoms with Gasteiger partial charge in [0.25, 0.3) is 0 Å². The number of urea groups is 1. The normalized spacial score (nSPS) is 10.5. The van der Waals surface area contributed by atoms with Crippen molar-refractivity contribution in [2.75, 3.05) is 0 Å². The Labute approximate surface area is 127 Å². The largest absolute Gasteiger partial charge is 0.489 e. The summed E-state index contributed by atoms with van der Waals surface area (Å²) in [4.78, 5) is 10.5. The zero-order valence-electron chi connectivity index (χ0n) is 11.1. The molecule has 0 bridgehead atoms. The van der Waals surface area contributed by atoms with Crippen LogP contribution >= 0.6 is 11.6 Å². The number of nitrogens with one attached hydrogen (secondary N) is 1. The number of hydrazone groups is 1. The molecule has 0 saturated carbocycles. The summed E-state index contributed by atoms with van der Waals surface area (Å²) < 4.78 is 5.68. The predicted molar refractivity (Wildman–Crippen MR) is 82.5 cm³/mol. The van der Waals surface area contributed by atoms with Gasteiger partial charge in [0.1, 0.15) is 12.4 Å². The highest BCUT2D eigenvalue weighted by atomic mass is 35.5. The van der Waals surface area contributed by atoms with Crippen molar-refractivity contribution < 1.29 is 9.53 Å². The molecule has 2 aromatic carbocycles. The lowest BCUT2D eigenvalue weighted by Crippen LogP contribution is -2.24. The number of ether oxygens (including phenoxy) is 1. The van der Waals surface area contributed by atoms with Crippen LogP contribution in [0, 0.1) is 0 Å². The van der Waals surface area contributed by atoms with Gasteiger partial charge in [-0.1, -0.05) is 41.9 Å². The van der Waals surface area contributed by atoms with Gasteiger partial charge in [0, 0.05) is 10.6 Å². The fourth-order valence-electron chi connectivity index (χ4n) is 1.63. The van der Waals surface area contributed by atoms with E-state index in [-0.39, 0.29) is 0 Å². The summed E-state index contributed by atoms with van der Waals surface area (Å²) in [7, 11) is 0. The molecule has 0 atom stereocenters. The number of carbonyl (C=O) groups excluding carboxylic acids is 1. The minimum absolute atomic E-state index is 0.375. The second kappa shape index (κ2) is 7.31. The van der Waals surface area contributed by atoms with E-state index in [0.29, 0.717) is 17.4 Å². The van der Waals surface area contributed by atoms with E-state index in [9.17, 15) is 4.79 Å². The molecule has 0 aliphatic rings. The molecule has 0 aliphatic carbocycles. The van der Waals surface area contributed by atoms with Crippen LogP contribution in [0.1, 0.15) is 11.1 Å². The first-order chi connectivity index (χ1) is 10.1. The number of hydrogen-bond donors (Lipinski definition) is 2. The molecular weight excluding hydrogens is 290 g/mol. The Morgan fingerprint density at radius 1 is 1.29 bits per heavy atom. The van der Waals surface area contributed by atoms with Crippen LogP contribution < -0.4 is 15.9 Å². The van der Waals surface area contributed by atoms with Gasteiger partial charge in [0.2, 0.25) is 0 Å². The number of carbonyl (C=O) groups is 1. The van der Waals surface area contributed by atoms with E-state index in [4.69, 9.17) is 22.1 Å². The third kappa shape index (κ3) is 4.81. The highest BCUT2D eigenvalue weighted by molar-refractivity contribution is 6.31. The average molecular weight is 304 g/mol. The fraction of sp³-hybridized carbons (Fsp3) is 0.0667. The lowest BCUT2D eigenvalue weighted by atomic mass is 10.2. The summed E-state index contributed by atoms with van der Waals surface area (Å²) in [5, 5.41) is 4.36. The van der Waals surface area contributed by atoms with Crippen LogP contribution in [0.25, 0.3) is 0 Å². The second-order valence-corrected chi connectivity index (χ2v) is 4.59. The SMILES string of the molecule is NC(=O)NN=Cc1cccc(OCc2ccccc2Cl)c1. The maximum absolute atomic E-state index is 10.5. The molecule has 0 aromatic heterocycles. The van der Waals surface area contributed by atoms with E-state index < -0.39 is 6.03 Å². The summed E-state index contributed by atoms with van der Waals surface area (Å²) in [5.41, 5.74) is 8.73. The van der Waals surface area contributed by atoms with Crippen molar-refractivity contribution in [1.82, 2.24) is 5.43 Å². The Bertz CT molecular complexity index is 659. The predicted octanol–water partition coefficient (Wildman–Crippen LogP) is 2.92. The summed E-state index contributed by atoms with van der Waals surface area (Å²) >= 11 is 6.07. The molecule has 0 heterocycles.